The van der Waals surface area contributed by atoms with E-state index in [1.54, 1.807) is 14.0 Å². The molecule has 0 fully saturated rings. The third-order valence-electron chi connectivity index (χ3n) is 3.89. The Morgan fingerprint density at radius 3 is 2.52 bits per heavy atom. The molecule has 2 N–H and O–H groups in total. The number of amides is 3. The van der Waals surface area contributed by atoms with Crippen LogP contribution in [0.2, 0.25) is 0 Å². The van der Waals surface area contributed by atoms with Crippen LogP contribution < -0.4 is 10.6 Å². The lowest BCUT2D eigenvalue weighted by atomic mass is 10.1. The third kappa shape index (κ3) is 7.51. The van der Waals surface area contributed by atoms with E-state index in [1.807, 2.05) is 55.7 Å². The Hall–Kier alpha value is -2.39. The predicted octanol–water partition coefficient (Wildman–Crippen LogP) is 2.62. The number of methoxy groups -OCH3 is 1. The van der Waals surface area contributed by atoms with Gasteiger partial charge >= 0.3 is 6.03 Å². The number of aromatic nitrogens is 3. The van der Waals surface area contributed by atoms with Gasteiger partial charge in [0.1, 0.15) is 5.82 Å². The van der Waals surface area contributed by atoms with Gasteiger partial charge in [-0.05, 0) is 33.3 Å². The Bertz CT molecular complexity index is 817. The standard InChI is InChI=1S/C20H29N5O3S/c1-14(17(26)21-18(27)22-20(2,3)4)29-19-24-23-16(25(19)11-12-28-5)13-15-9-7-6-8-10-15/h6-10,14H,11-13H2,1-5H3,(H2,21,22,26,27)/t14-/m1/s1. The topological polar surface area (TPSA) is 98.1 Å². The lowest BCUT2D eigenvalue weighted by molar-refractivity contribution is -0.119. The van der Waals surface area contributed by atoms with E-state index in [9.17, 15) is 9.59 Å². The van der Waals surface area contributed by atoms with Gasteiger partial charge in [0.25, 0.3) is 0 Å². The van der Waals surface area contributed by atoms with Crippen molar-refractivity contribution in [3.63, 3.8) is 0 Å². The molecule has 0 bridgehead atoms. The molecule has 1 heterocycles. The molecule has 0 unspecified atom stereocenters. The molecule has 1 aromatic heterocycles. The van der Waals surface area contributed by atoms with Crippen LogP contribution in [0.5, 0.6) is 0 Å². The van der Waals surface area contributed by atoms with Crippen LogP contribution in [0.15, 0.2) is 35.5 Å². The van der Waals surface area contributed by atoms with Crippen molar-refractivity contribution in [2.24, 2.45) is 0 Å². The molecule has 1 aromatic carbocycles. The van der Waals surface area contributed by atoms with E-state index in [-0.39, 0.29) is 5.91 Å². The smallest absolute Gasteiger partial charge is 0.321 e. The molecule has 1 atom stereocenters. The average molecular weight is 420 g/mol. The molecule has 0 saturated carbocycles. The highest BCUT2D eigenvalue weighted by Gasteiger charge is 2.23. The molecule has 2 aromatic rings. The number of nitrogens with zero attached hydrogens (tertiary/aromatic N) is 3. The molecule has 0 aliphatic rings. The van der Waals surface area contributed by atoms with E-state index >= 15 is 0 Å². The lowest BCUT2D eigenvalue weighted by Crippen LogP contribution is -2.49. The highest BCUT2D eigenvalue weighted by Crippen LogP contribution is 2.23. The van der Waals surface area contributed by atoms with Crippen LogP contribution in [0, 0.1) is 0 Å². The van der Waals surface area contributed by atoms with Gasteiger partial charge in [0.15, 0.2) is 5.16 Å². The summed E-state index contributed by atoms with van der Waals surface area (Å²) in [6.45, 7) is 8.36. The minimum absolute atomic E-state index is 0.386. The number of urea groups is 1. The first-order chi connectivity index (χ1) is 13.7. The van der Waals surface area contributed by atoms with Crippen LogP contribution in [0.25, 0.3) is 0 Å². The molecule has 0 saturated heterocycles. The summed E-state index contributed by atoms with van der Waals surface area (Å²) < 4.78 is 7.17. The molecular weight excluding hydrogens is 390 g/mol. The van der Waals surface area contributed by atoms with Crippen LogP contribution in [0.1, 0.15) is 39.1 Å². The summed E-state index contributed by atoms with van der Waals surface area (Å²) in [5.41, 5.74) is 0.702. The van der Waals surface area contributed by atoms with Crippen molar-refractivity contribution >= 4 is 23.7 Å². The van der Waals surface area contributed by atoms with Gasteiger partial charge in [-0.2, -0.15) is 0 Å². The summed E-state index contributed by atoms with van der Waals surface area (Å²) >= 11 is 1.26. The molecule has 9 heteroatoms. The number of carbonyl (C=O) groups is 2. The maximum absolute atomic E-state index is 12.4. The molecule has 0 radical (unpaired) electrons. The summed E-state index contributed by atoms with van der Waals surface area (Å²) in [5.74, 6) is 0.413. The number of nitrogens with one attached hydrogen (secondary N) is 2. The van der Waals surface area contributed by atoms with Crippen molar-refractivity contribution in [1.29, 1.82) is 0 Å². The van der Waals surface area contributed by atoms with Crippen molar-refractivity contribution in [2.45, 2.75) is 56.6 Å². The number of hydrogen-bond donors (Lipinski definition) is 2. The van der Waals surface area contributed by atoms with Gasteiger partial charge in [-0.15, -0.1) is 10.2 Å². The first-order valence-electron chi connectivity index (χ1n) is 9.44. The van der Waals surface area contributed by atoms with E-state index in [1.165, 1.54) is 11.8 Å². The van der Waals surface area contributed by atoms with Crippen molar-refractivity contribution in [2.75, 3.05) is 13.7 Å². The zero-order valence-corrected chi connectivity index (χ0v) is 18.4. The Morgan fingerprint density at radius 1 is 1.21 bits per heavy atom. The Balaban J connectivity index is 2.08. The molecular formula is C20H29N5O3S. The van der Waals surface area contributed by atoms with E-state index in [0.717, 1.165) is 11.4 Å². The van der Waals surface area contributed by atoms with Crippen LogP contribution in [-0.2, 0) is 22.5 Å². The number of imide groups is 1. The fourth-order valence-electron chi connectivity index (χ4n) is 2.52. The van der Waals surface area contributed by atoms with Crippen LogP contribution in [0.3, 0.4) is 0 Å². The third-order valence-corrected chi connectivity index (χ3v) is 4.97. The number of benzene rings is 1. The lowest BCUT2D eigenvalue weighted by Gasteiger charge is -2.21. The van der Waals surface area contributed by atoms with E-state index in [0.29, 0.717) is 24.7 Å². The normalized spacial score (nSPS) is 12.4. The minimum Gasteiger partial charge on any atom is -0.383 e. The highest BCUT2D eigenvalue weighted by molar-refractivity contribution is 8.00. The van der Waals surface area contributed by atoms with Gasteiger partial charge in [-0.25, -0.2) is 4.79 Å². The van der Waals surface area contributed by atoms with Gasteiger partial charge in [-0.3, -0.25) is 10.1 Å². The van der Waals surface area contributed by atoms with Crippen LogP contribution in [0.4, 0.5) is 4.79 Å². The summed E-state index contributed by atoms with van der Waals surface area (Å²) in [5, 5.41) is 13.8. The number of hydrogen-bond acceptors (Lipinski definition) is 6. The second-order valence-corrected chi connectivity index (χ2v) is 8.97. The zero-order chi connectivity index (χ0) is 21.4. The largest absolute Gasteiger partial charge is 0.383 e. The van der Waals surface area contributed by atoms with E-state index in [4.69, 9.17) is 4.74 Å². The van der Waals surface area contributed by atoms with Crippen molar-refractivity contribution in [1.82, 2.24) is 25.4 Å². The number of rotatable bonds is 8. The van der Waals surface area contributed by atoms with Crippen molar-refractivity contribution in [3.05, 3.63) is 41.7 Å². The second-order valence-electron chi connectivity index (χ2n) is 7.66. The fourth-order valence-corrected chi connectivity index (χ4v) is 3.41. The Labute approximate surface area is 175 Å². The number of ether oxygens (including phenoxy) is 1. The summed E-state index contributed by atoms with van der Waals surface area (Å²) in [6.07, 6.45) is 0.632. The van der Waals surface area contributed by atoms with Crippen LogP contribution >= 0.6 is 11.8 Å². The van der Waals surface area contributed by atoms with Gasteiger partial charge in [0.2, 0.25) is 5.91 Å². The van der Waals surface area contributed by atoms with Crippen molar-refractivity contribution in [3.8, 4) is 0 Å². The van der Waals surface area contributed by atoms with Gasteiger partial charge in [0.05, 0.1) is 11.9 Å². The first-order valence-corrected chi connectivity index (χ1v) is 10.3. The predicted molar refractivity (Wildman–Crippen MR) is 113 cm³/mol. The quantitative estimate of drug-likeness (QED) is 0.638. The monoisotopic (exact) mass is 419 g/mol. The SMILES string of the molecule is COCCn1c(Cc2ccccc2)nnc1S[C@H](C)C(=O)NC(=O)NC(C)(C)C. The Kier molecular flexibility index (Phi) is 8.21. The van der Waals surface area contributed by atoms with Gasteiger partial charge in [-0.1, -0.05) is 42.1 Å². The maximum Gasteiger partial charge on any atom is 0.321 e. The van der Waals surface area contributed by atoms with Gasteiger partial charge < -0.3 is 14.6 Å². The van der Waals surface area contributed by atoms with Crippen LogP contribution in [-0.4, -0.2) is 51.2 Å². The number of carbonyl (C=O) groups excluding carboxylic acids is 2. The molecule has 2 rings (SSSR count). The van der Waals surface area contributed by atoms with Crippen molar-refractivity contribution < 1.29 is 14.3 Å². The Morgan fingerprint density at radius 2 is 1.90 bits per heavy atom. The molecule has 8 nitrogen and oxygen atoms in total. The van der Waals surface area contributed by atoms with E-state index in [2.05, 4.69) is 20.8 Å². The minimum atomic E-state index is -0.518. The molecule has 0 aliphatic heterocycles. The average Bonchev–Trinajstić information content (AvgIpc) is 3.00. The fraction of sp³-hybridized carbons (Fsp3) is 0.500. The highest BCUT2D eigenvalue weighted by atomic mass is 32.2. The zero-order valence-electron chi connectivity index (χ0n) is 17.6. The summed E-state index contributed by atoms with van der Waals surface area (Å²) in [7, 11) is 1.64. The van der Waals surface area contributed by atoms with E-state index < -0.39 is 16.8 Å². The summed E-state index contributed by atoms with van der Waals surface area (Å²) in [6, 6.07) is 9.49. The summed E-state index contributed by atoms with van der Waals surface area (Å²) in [4.78, 5) is 24.3. The second kappa shape index (κ2) is 10.4. The molecule has 0 aliphatic carbocycles. The van der Waals surface area contributed by atoms with Gasteiger partial charge in [0, 0.05) is 25.6 Å². The molecule has 158 valence electrons. The maximum atomic E-state index is 12.4. The first kappa shape index (κ1) is 22.9. The number of thioether (sulfide) groups is 1. The molecule has 0 spiro atoms. The molecule has 3 amide bonds. The molecule has 29 heavy (non-hydrogen) atoms.